The molecular weight excluding hydrogens is 240 g/mol. The average molecular weight is 249 g/mol. The Morgan fingerprint density at radius 2 is 2.07 bits per heavy atom. The van der Waals surface area contributed by atoms with Gasteiger partial charge in [-0.15, -0.1) is 0 Å². The molecule has 70 valence electrons. The predicted molar refractivity (Wildman–Crippen MR) is 59.9 cm³/mol. The zero-order valence-corrected chi connectivity index (χ0v) is 9.32. The molecule has 0 radical (unpaired) electrons. The lowest BCUT2D eigenvalue weighted by Gasteiger charge is -2.01. The zero-order valence-electron chi connectivity index (χ0n) is 7.74. The third-order valence-corrected chi connectivity index (χ3v) is 2.30. The second kappa shape index (κ2) is 3.88. The van der Waals surface area contributed by atoms with Gasteiger partial charge in [-0.3, -0.25) is 4.98 Å². The van der Waals surface area contributed by atoms with Crippen LogP contribution in [0.1, 0.15) is 5.56 Å². The SMILES string of the molecule is Cc1cccc(-c2cncc(Br)n2)c1. The molecule has 0 unspecified atom stereocenters. The maximum absolute atomic E-state index is 4.34. The van der Waals surface area contributed by atoms with Gasteiger partial charge in [0, 0.05) is 5.56 Å². The van der Waals surface area contributed by atoms with Crippen molar-refractivity contribution < 1.29 is 0 Å². The molecule has 0 atom stereocenters. The summed E-state index contributed by atoms with van der Waals surface area (Å²) in [6.45, 7) is 2.06. The largest absolute Gasteiger partial charge is 0.260 e. The molecular formula is C11H9BrN2. The Morgan fingerprint density at radius 1 is 1.21 bits per heavy atom. The van der Waals surface area contributed by atoms with Crippen molar-refractivity contribution in [1.82, 2.24) is 9.97 Å². The highest BCUT2D eigenvalue weighted by atomic mass is 79.9. The first-order chi connectivity index (χ1) is 6.75. The van der Waals surface area contributed by atoms with E-state index in [0.29, 0.717) is 0 Å². The van der Waals surface area contributed by atoms with E-state index in [1.165, 1.54) is 5.56 Å². The van der Waals surface area contributed by atoms with E-state index in [-0.39, 0.29) is 0 Å². The highest BCUT2D eigenvalue weighted by Gasteiger charge is 1.99. The Bertz CT molecular complexity index is 411. The third kappa shape index (κ3) is 1.99. The molecule has 2 aromatic rings. The number of hydrogen-bond acceptors (Lipinski definition) is 2. The van der Waals surface area contributed by atoms with Crippen LogP contribution >= 0.6 is 15.9 Å². The summed E-state index contributed by atoms with van der Waals surface area (Å²) in [5.41, 5.74) is 3.21. The Kier molecular flexibility index (Phi) is 2.59. The summed E-state index contributed by atoms with van der Waals surface area (Å²) in [6.07, 6.45) is 3.44. The molecule has 0 aliphatic heterocycles. The molecule has 0 aliphatic rings. The van der Waals surface area contributed by atoms with Crippen LogP contribution in [0.15, 0.2) is 41.3 Å². The molecule has 0 fully saturated rings. The Balaban J connectivity index is 2.49. The highest BCUT2D eigenvalue weighted by Crippen LogP contribution is 2.18. The van der Waals surface area contributed by atoms with Gasteiger partial charge in [-0.2, -0.15) is 0 Å². The van der Waals surface area contributed by atoms with E-state index in [1.54, 1.807) is 12.4 Å². The van der Waals surface area contributed by atoms with Crippen LogP contribution < -0.4 is 0 Å². The van der Waals surface area contributed by atoms with Crippen LogP contribution in [0, 0.1) is 6.92 Å². The zero-order chi connectivity index (χ0) is 9.97. The van der Waals surface area contributed by atoms with Crippen LogP contribution in [-0.2, 0) is 0 Å². The molecule has 0 saturated heterocycles. The molecule has 0 spiro atoms. The maximum atomic E-state index is 4.34. The first-order valence-corrected chi connectivity index (χ1v) is 5.09. The Morgan fingerprint density at radius 3 is 2.79 bits per heavy atom. The van der Waals surface area contributed by atoms with Crippen molar-refractivity contribution in [1.29, 1.82) is 0 Å². The Hall–Kier alpha value is -1.22. The molecule has 0 aliphatic carbocycles. The fourth-order valence-corrected chi connectivity index (χ4v) is 1.59. The molecule has 1 aromatic carbocycles. The molecule has 0 saturated carbocycles. The first-order valence-electron chi connectivity index (χ1n) is 4.30. The molecule has 0 amide bonds. The summed E-state index contributed by atoms with van der Waals surface area (Å²) in [4.78, 5) is 8.42. The lowest BCUT2D eigenvalue weighted by molar-refractivity contribution is 1.17. The van der Waals surface area contributed by atoms with Crippen LogP contribution in [0.25, 0.3) is 11.3 Å². The molecule has 3 heteroatoms. The normalized spacial score (nSPS) is 10.1. The van der Waals surface area contributed by atoms with Gasteiger partial charge in [-0.1, -0.05) is 23.8 Å². The molecule has 1 heterocycles. The first kappa shape index (κ1) is 9.34. The minimum Gasteiger partial charge on any atom is -0.260 e. The lowest BCUT2D eigenvalue weighted by Crippen LogP contribution is -1.86. The quantitative estimate of drug-likeness (QED) is 0.775. The van der Waals surface area contributed by atoms with Crippen LogP contribution in [0.5, 0.6) is 0 Å². The van der Waals surface area contributed by atoms with Crippen molar-refractivity contribution in [3.05, 3.63) is 46.8 Å². The summed E-state index contributed by atoms with van der Waals surface area (Å²) in [7, 11) is 0. The van der Waals surface area contributed by atoms with Gasteiger partial charge < -0.3 is 0 Å². The molecule has 14 heavy (non-hydrogen) atoms. The van der Waals surface area contributed by atoms with Gasteiger partial charge in [-0.25, -0.2) is 4.98 Å². The van der Waals surface area contributed by atoms with Crippen molar-refractivity contribution in [2.45, 2.75) is 6.92 Å². The number of benzene rings is 1. The highest BCUT2D eigenvalue weighted by molar-refractivity contribution is 9.10. The Labute approximate surface area is 91.2 Å². The van der Waals surface area contributed by atoms with Crippen molar-refractivity contribution in [2.75, 3.05) is 0 Å². The fraction of sp³-hybridized carbons (Fsp3) is 0.0909. The van der Waals surface area contributed by atoms with Gasteiger partial charge in [0.15, 0.2) is 0 Å². The smallest absolute Gasteiger partial charge is 0.125 e. The summed E-state index contributed by atoms with van der Waals surface area (Å²) in [5, 5.41) is 0. The van der Waals surface area contributed by atoms with Crippen LogP contribution in [-0.4, -0.2) is 9.97 Å². The second-order valence-electron chi connectivity index (χ2n) is 3.10. The van der Waals surface area contributed by atoms with Gasteiger partial charge >= 0.3 is 0 Å². The van der Waals surface area contributed by atoms with Crippen molar-refractivity contribution in [2.24, 2.45) is 0 Å². The second-order valence-corrected chi connectivity index (χ2v) is 3.91. The van der Waals surface area contributed by atoms with Gasteiger partial charge in [0.1, 0.15) is 4.60 Å². The van der Waals surface area contributed by atoms with E-state index in [4.69, 9.17) is 0 Å². The number of aromatic nitrogens is 2. The van der Waals surface area contributed by atoms with E-state index in [0.717, 1.165) is 15.9 Å². The minimum atomic E-state index is 0.761. The molecule has 2 nitrogen and oxygen atoms in total. The van der Waals surface area contributed by atoms with Crippen molar-refractivity contribution >= 4 is 15.9 Å². The van der Waals surface area contributed by atoms with Gasteiger partial charge in [0.05, 0.1) is 18.1 Å². The van der Waals surface area contributed by atoms with Crippen molar-refractivity contribution in [3.8, 4) is 11.3 Å². The third-order valence-electron chi connectivity index (χ3n) is 1.92. The fourth-order valence-electron chi connectivity index (χ4n) is 1.29. The predicted octanol–water partition coefficient (Wildman–Crippen LogP) is 3.21. The number of halogens is 1. The van der Waals surface area contributed by atoms with Crippen LogP contribution in [0.3, 0.4) is 0 Å². The van der Waals surface area contributed by atoms with Crippen LogP contribution in [0.4, 0.5) is 0 Å². The van der Waals surface area contributed by atoms with E-state index in [9.17, 15) is 0 Å². The molecule has 2 rings (SSSR count). The summed E-state index contributed by atoms with van der Waals surface area (Å²) in [5.74, 6) is 0. The van der Waals surface area contributed by atoms with E-state index in [2.05, 4.69) is 45.0 Å². The topological polar surface area (TPSA) is 25.8 Å². The van der Waals surface area contributed by atoms with Gasteiger partial charge in [-0.05, 0) is 28.9 Å². The van der Waals surface area contributed by atoms with Gasteiger partial charge in [0.25, 0.3) is 0 Å². The maximum Gasteiger partial charge on any atom is 0.125 e. The number of hydrogen-bond donors (Lipinski definition) is 0. The molecule has 0 bridgehead atoms. The lowest BCUT2D eigenvalue weighted by atomic mass is 10.1. The minimum absolute atomic E-state index is 0.761. The van der Waals surface area contributed by atoms with E-state index in [1.807, 2.05) is 12.1 Å². The monoisotopic (exact) mass is 248 g/mol. The van der Waals surface area contributed by atoms with E-state index < -0.39 is 0 Å². The molecule has 1 aromatic heterocycles. The number of nitrogens with zero attached hydrogens (tertiary/aromatic N) is 2. The summed E-state index contributed by atoms with van der Waals surface area (Å²) >= 11 is 3.30. The molecule has 0 N–H and O–H groups in total. The van der Waals surface area contributed by atoms with E-state index >= 15 is 0 Å². The average Bonchev–Trinajstić information content (AvgIpc) is 2.18. The number of aryl methyl sites for hydroxylation is 1. The number of rotatable bonds is 1. The van der Waals surface area contributed by atoms with Crippen LogP contribution in [0.2, 0.25) is 0 Å². The standard InChI is InChI=1S/C11H9BrN2/c1-8-3-2-4-9(5-8)10-6-13-7-11(12)14-10/h2-7H,1H3. The summed E-state index contributed by atoms with van der Waals surface area (Å²) in [6, 6.07) is 8.21. The van der Waals surface area contributed by atoms with Crippen molar-refractivity contribution in [3.63, 3.8) is 0 Å². The summed E-state index contributed by atoms with van der Waals surface area (Å²) < 4.78 is 0.761. The van der Waals surface area contributed by atoms with Gasteiger partial charge in [0.2, 0.25) is 0 Å².